The number of phenolic OH excluding ortho intramolecular Hbond substituents is 2. The third-order valence-electron chi connectivity index (χ3n) is 7.17. The van der Waals surface area contributed by atoms with Gasteiger partial charge in [-0.15, -0.1) is 0 Å². The highest BCUT2D eigenvalue weighted by molar-refractivity contribution is 5.86. The summed E-state index contributed by atoms with van der Waals surface area (Å²) in [6.07, 6.45) is 0. The van der Waals surface area contributed by atoms with Crippen LogP contribution in [0.5, 0.6) is 34.5 Å². The van der Waals surface area contributed by atoms with Crippen LogP contribution in [0, 0.1) is 0 Å². The Morgan fingerprint density at radius 1 is 0.436 bits per heavy atom. The maximum Gasteiger partial charge on any atom is 0.128 e. The van der Waals surface area contributed by atoms with Crippen LogP contribution in [0.3, 0.4) is 0 Å². The fourth-order valence-corrected chi connectivity index (χ4v) is 4.88. The standard InChI is InChI=1S/C35H28O4/c1-35(2,27-5-3-7-31(21-27)38-33-15-11-23-17-29(36)13-9-25(23)19-33)28-6-4-8-32(22-28)39-34-16-12-24-18-30(37)14-10-26(24)20-34/h3-22,36-37H,1-2H3. The summed E-state index contributed by atoms with van der Waals surface area (Å²) in [5.74, 6) is 3.49. The van der Waals surface area contributed by atoms with Crippen LogP contribution < -0.4 is 9.47 Å². The van der Waals surface area contributed by atoms with Crippen molar-refractivity contribution in [2.75, 3.05) is 0 Å². The molecule has 0 bridgehead atoms. The lowest BCUT2D eigenvalue weighted by Gasteiger charge is -2.27. The third-order valence-corrected chi connectivity index (χ3v) is 7.17. The molecule has 0 atom stereocenters. The van der Waals surface area contributed by atoms with E-state index in [0.29, 0.717) is 0 Å². The second-order valence-electron chi connectivity index (χ2n) is 10.3. The second kappa shape index (κ2) is 9.73. The Morgan fingerprint density at radius 2 is 0.821 bits per heavy atom. The average molecular weight is 513 g/mol. The molecule has 6 aromatic carbocycles. The van der Waals surface area contributed by atoms with Gasteiger partial charge >= 0.3 is 0 Å². The zero-order chi connectivity index (χ0) is 27.0. The molecule has 0 aliphatic heterocycles. The molecule has 192 valence electrons. The number of rotatable bonds is 6. The molecule has 0 heterocycles. The van der Waals surface area contributed by atoms with Gasteiger partial charge in [0, 0.05) is 5.41 Å². The van der Waals surface area contributed by atoms with Crippen LogP contribution in [0.2, 0.25) is 0 Å². The van der Waals surface area contributed by atoms with E-state index < -0.39 is 0 Å². The molecule has 0 saturated carbocycles. The Hall–Kier alpha value is -4.96. The second-order valence-corrected chi connectivity index (χ2v) is 10.3. The summed E-state index contributed by atoms with van der Waals surface area (Å²) in [4.78, 5) is 0. The van der Waals surface area contributed by atoms with Crippen LogP contribution in [0.1, 0.15) is 25.0 Å². The van der Waals surface area contributed by atoms with Crippen LogP contribution in [-0.4, -0.2) is 10.2 Å². The molecule has 0 unspecified atom stereocenters. The Labute approximate surface area is 227 Å². The van der Waals surface area contributed by atoms with Crippen LogP contribution in [-0.2, 0) is 5.41 Å². The maximum atomic E-state index is 9.73. The van der Waals surface area contributed by atoms with Gasteiger partial charge in [0.05, 0.1) is 0 Å². The van der Waals surface area contributed by atoms with Gasteiger partial charge in [0.1, 0.15) is 34.5 Å². The minimum atomic E-state index is -0.305. The minimum absolute atomic E-state index is 0.249. The van der Waals surface area contributed by atoms with Gasteiger partial charge in [0.25, 0.3) is 0 Å². The molecule has 4 nitrogen and oxygen atoms in total. The highest BCUT2D eigenvalue weighted by atomic mass is 16.5. The fourth-order valence-electron chi connectivity index (χ4n) is 4.88. The normalized spacial score (nSPS) is 11.5. The Bertz CT molecular complexity index is 1690. The molecule has 6 rings (SSSR count). The molecule has 0 aliphatic rings. The number of ether oxygens (including phenoxy) is 2. The average Bonchev–Trinajstić information content (AvgIpc) is 2.93. The van der Waals surface area contributed by atoms with Gasteiger partial charge in [-0.25, -0.2) is 0 Å². The van der Waals surface area contributed by atoms with Gasteiger partial charge in [0.15, 0.2) is 0 Å². The van der Waals surface area contributed by atoms with E-state index in [2.05, 4.69) is 38.1 Å². The maximum absolute atomic E-state index is 9.73. The first-order valence-electron chi connectivity index (χ1n) is 12.9. The van der Waals surface area contributed by atoms with E-state index in [-0.39, 0.29) is 16.9 Å². The van der Waals surface area contributed by atoms with E-state index in [9.17, 15) is 10.2 Å². The molecule has 0 saturated heterocycles. The lowest BCUT2D eigenvalue weighted by Crippen LogP contribution is -2.18. The van der Waals surface area contributed by atoms with Crippen molar-refractivity contribution < 1.29 is 19.7 Å². The number of benzene rings is 6. The van der Waals surface area contributed by atoms with Gasteiger partial charge in [0.2, 0.25) is 0 Å². The molecule has 0 aliphatic carbocycles. The predicted octanol–water partition coefficient (Wildman–Crippen LogP) is 9.31. The first-order chi connectivity index (χ1) is 18.8. The van der Waals surface area contributed by atoms with E-state index in [1.807, 2.05) is 72.8 Å². The topological polar surface area (TPSA) is 58.9 Å². The molecule has 0 fully saturated rings. The first kappa shape index (κ1) is 24.4. The van der Waals surface area contributed by atoms with Crippen molar-refractivity contribution in [2.24, 2.45) is 0 Å². The van der Waals surface area contributed by atoms with E-state index in [0.717, 1.165) is 55.7 Å². The monoisotopic (exact) mass is 512 g/mol. The smallest absolute Gasteiger partial charge is 0.128 e. The molecular weight excluding hydrogens is 484 g/mol. The lowest BCUT2D eigenvalue weighted by atomic mass is 9.78. The zero-order valence-electron chi connectivity index (χ0n) is 21.8. The molecule has 6 aromatic rings. The summed E-state index contributed by atoms with van der Waals surface area (Å²) in [7, 11) is 0. The van der Waals surface area contributed by atoms with Gasteiger partial charge in [-0.05, 0) is 105 Å². The first-order valence-corrected chi connectivity index (χ1v) is 12.9. The van der Waals surface area contributed by atoms with Crippen molar-refractivity contribution in [3.63, 3.8) is 0 Å². The summed E-state index contributed by atoms with van der Waals surface area (Å²) in [6, 6.07) is 38.6. The number of hydrogen-bond donors (Lipinski definition) is 2. The van der Waals surface area contributed by atoms with E-state index >= 15 is 0 Å². The number of hydrogen-bond acceptors (Lipinski definition) is 4. The molecular formula is C35H28O4. The van der Waals surface area contributed by atoms with Gasteiger partial charge < -0.3 is 19.7 Å². The highest BCUT2D eigenvalue weighted by Crippen LogP contribution is 2.37. The third kappa shape index (κ3) is 5.10. The summed E-state index contributed by atoms with van der Waals surface area (Å²) in [5, 5.41) is 23.4. The van der Waals surface area contributed by atoms with E-state index in [1.165, 1.54) is 0 Å². The van der Waals surface area contributed by atoms with Crippen molar-refractivity contribution in [3.05, 3.63) is 132 Å². The highest BCUT2D eigenvalue weighted by Gasteiger charge is 2.24. The number of phenols is 2. The molecule has 0 aromatic heterocycles. The minimum Gasteiger partial charge on any atom is -0.508 e. The molecule has 0 amide bonds. The van der Waals surface area contributed by atoms with Crippen molar-refractivity contribution in [3.8, 4) is 34.5 Å². The SMILES string of the molecule is CC(C)(c1cccc(Oc2ccc3cc(O)ccc3c2)c1)c1cccc(Oc2ccc3cc(O)ccc3c2)c1. The van der Waals surface area contributed by atoms with Crippen LogP contribution in [0.15, 0.2) is 121 Å². The molecule has 39 heavy (non-hydrogen) atoms. The van der Waals surface area contributed by atoms with Gasteiger partial charge in [-0.3, -0.25) is 0 Å². The predicted molar refractivity (Wildman–Crippen MR) is 156 cm³/mol. The largest absolute Gasteiger partial charge is 0.508 e. The summed E-state index contributed by atoms with van der Waals surface area (Å²) in [6.45, 7) is 4.38. The van der Waals surface area contributed by atoms with Crippen molar-refractivity contribution in [1.82, 2.24) is 0 Å². The summed E-state index contributed by atoms with van der Waals surface area (Å²) in [5.41, 5.74) is 1.93. The van der Waals surface area contributed by atoms with Crippen molar-refractivity contribution >= 4 is 21.5 Å². The van der Waals surface area contributed by atoms with Crippen LogP contribution in [0.4, 0.5) is 0 Å². The molecule has 4 heteroatoms. The van der Waals surface area contributed by atoms with Gasteiger partial charge in [-0.2, -0.15) is 0 Å². The molecule has 0 radical (unpaired) electrons. The Balaban J connectivity index is 1.24. The van der Waals surface area contributed by atoms with E-state index in [4.69, 9.17) is 9.47 Å². The van der Waals surface area contributed by atoms with E-state index in [1.54, 1.807) is 24.3 Å². The lowest BCUT2D eigenvalue weighted by molar-refractivity contribution is 0.475. The Kier molecular flexibility index (Phi) is 6.08. The van der Waals surface area contributed by atoms with Crippen LogP contribution >= 0.6 is 0 Å². The van der Waals surface area contributed by atoms with Crippen molar-refractivity contribution in [1.29, 1.82) is 0 Å². The number of aromatic hydroxyl groups is 2. The zero-order valence-corrected chi connectivity index (χ0v) is 21.8. The molecule has 2 N–H and O–H groups in total. The van der Waals surface area contributed by atoms with Crippen LogP contribution in [0.25, 0.3) is 21.5 Å². The van der Waals surface area contributed by atoms with Gasteiger partial charge in [-0.1, -0.05) is 62.4 Å². The van der Waals surface area contributed by atoms with Crippen molar-refractivity contribution in [2.45, 2.75) is 19.3 Å². The number of fused-ring (bicyclic) bond motifs is 2. The molecule has 0 spiro atoms. The summed E-state index contributed by atoms with van der Waals surface area (Å²) >= 11 is 0. The quantitative estimate of drug-likeness (QED) is 0.233. The fraction of sp³-hybridized carbons (Fsp3) is 0.0857. The summed E-state index contributed by atoms with van der Waals surface area (Å²) < 4.78 is 12.5. The Morgan fingerprint density at radius 3 is 1.28 bits per heavy atom.